The third-order valence-electron chi connectivity index (χ3n) is 2.72. The molecule has 1 unspecified atom stereocenters. The van der Waals surface area contributed by atoms with Gasteiger partial charge in [0.2, 0.25) is 6.10 Å². The number of ether oxygens (including phenoxy) is 1. The minimum atomic E-state index is -4.54. The second-order valence-corrected chi connectivity index (χ2v) is 4.76. The Balaban J connectivity index is 2.65. The molecular weight excluding hydrogens is 304 g/mol. The van der Waals surface area contributed by atoms with Gasteiger partial charge in [-0.15, -0.1) is 0 Å². The third-order valence-corrected chi connectivity index (χ3v) is 3.45. The molecule has 0 aliphatic rings. The first kappa shape index (κ1) is 14.4. The molecule has 0 saturated heterocycles. The monoisotopic (exact) mass is 312 g/mol. The van der Waals surface area contributed by atoms with Crippen molar-refractivity contribution in [1.82, 2.24) is 9.55 Å². The second kappa shape index (κ2) is 4.85. The molecule has 0 aliphatic heterocycles. The topological polar surface area (TPSA) is 27.1 Å². The standard InChI is InChI=1S/C11H9Cl2F3N2O/c1-18-8-4-6(13)5(12)3-7(8)17-10(18)9(19-2)11(14,15)16/h3-4,9H,1-2H3. The Hall–Kier alpha value is -0.980. The quantitative estimate of drug-likeness (QED) is 0.833. The molecule has 0 bridgehead atoms. The van der Waals surface area contributed by atoms with E-state index in [1.54, 1.807) is 0 Å². The maximum atomic E-state index is 12.8. The molecular formula is C11H9Cl2F3N2O. The largest absolute Gasteiger partial charge is 0.421 e. The van der Waals surface area contributed by atoms with E-state index in [4.69, 9.17) is 23.2 Å². The van der Waals surface area contributed by atoms with Gasteiger partial charge in [-0.3, -0.25) is 0 Å². The predicted molar refractivity (Wildman–Crippen MR) is 66.5 cm³/mol. The summed E-state index contributed by atoms with van der Waals surface area (Å²) >= 11 is 11.7. The van der Waals surface area contributed by atoms with E-state index < -0.39 is 12.3 Å². The Morgan fingerprint density at radius 3 is 2.37 bits per heavy atom. The zero-order valence-corrected chi connectivity index (χ0v) is 11.4. The van der Waals surface area contributed by atoms with Gasteiger partial charge in [-0.05, 0) is 12.1 Å². The second-order valence-electron chi connectivity index (χ2n) is 3.94. The van der Waals surface area contributed by atoms with Crippen molar-refractivity contribution >= 4 is 34.2 Å². The van der Waals surface area contributed by atoms with Crippen LogP contribution in [0.3, 0.4) is 0 Å². The van der Waals surface area contributed by atoms with E-state index in [1.165, 1.54) is 23.7 Å². The molecule has 1 aromatic carbocycles. The predicted octanol–water partition coefficient (Wildman–Crippen LogP) is 4.13. The van der Waals surface area contributed by atoms with E-state index in [-0.39, 0.29) is 15.9 Å². The van der Waals surface area contributed by atoms with Crippen molar-refractivity contribution in [1.29, 1.82) is 0 Å². The lowest BCUT2D eigenvalue weighted by atomic mass is 10.3. The lowest BCUT2D eigenvalue weighted by Crippen LogP contribution is -2.25. The summed E-state index contributed by atoms with van der Waals surface area (Å²) in [5.74, 6) is -0.247. The van der Waals surface area contributed by atoms with Crippen LogP contribution in [0.15, 0.2) is 12.1 Å². The molecule has 2 rings (SSSR count). The molecule has 104 valence electrons. The van der Waals surface area contributed by atoms with Crippen molar-refractivity contribution in [2.75, 3.05) is 7.11 Å². The first-order chi connectivity index (χ1) is 8.75. The summed E-state index contributed by atoms with van der Waals surface area (Å²) < 4.78 is 44.3. The summed E-state index contributed by atoms with van der Waals surface area (Å²) in [7, 11) is 2.45. The van der Waals surface area contributed by atoms with Crippen molar-refractivity contribution in [2.45, 2.75) is 12.3 Å². The number of aromatic nitrogens is 2. The molecule has 0 fully saturated rings. The van der Waals surface area contributed by atoms with Gasteiger partial charge in [0, 0.05) is 14.2 Å². The van der Waals surface area contributed by atoms with Crippen molar-refractivity contribution < 1.29 is 17.9 Å². The average Bonchev–Trinajstić information content (AvgIpc) is 2.57. The molecule has 2 aromatic rings. The highest BCUT2D eigenvalue weighted by Gasteiger charge is 2.44. The SMILES string of the molecule is COC(c1nc2cc(Cl)c(Cl)cc2n1C)C(F)(F)F. The highest BCUT2D eigenvalue weighted by atomic mass is 35.5. The van der Waals surface area contributed by atoms with Crippen LogP contribution in [-0.2, 0) is 11.8 Å². The zero-order chi connectivity index (χ0) is 14.4. The molecule has 0 N–H and O–H groups in total. The van der Waals surface area contributed by atoms with Crippen LogP contribution in [0, 0.1) is 0 Å². The van der Waals surface area contributed by atoms with Crippen molar-refractivity contribution in [2.24, 2.45) is 7.05 Å². The molecule has 0 saturated carbocycles. The molecule has 0 amide bonds. The molecule has 1 atom stereocenters. The fourth-order valence-electron chi connectivity index (χ4n) is 1.83. The Bertz CT molecular complexity index is 624. The van der Waals surface area contributed by atoms with E-state index in [0.29, 0.717) is 11.0 Å². The van der Waals surface area contributed by atoms with Crippen LogP contribution in [0.25, 0.3) is 11.0 Å². The number of halogens is 5. The first-order valence-electron chi connectivity index (χ1n) is 5.16. The number of imidazole rings is 1. The molecule has 8 heteroatoms. The molecule has 19 heavy (non-hydrogen) atoms. The summed E-state index contributed by atoms with van der Waals surface area (Å²) in [5, 5.41) is 0.490. The molecule has 0 radical (unpaired) electrons. The number of hydrogen-bond donors (Lipinski definition) is 0. The number of rotatable bonds is 2. The van der Waals surface area contributed by atoms with E-state index in [2.05, 4.69) is 9.72 Å². The smallest absolute Gasteiger partial charge is 0.365 e. The fraction of sp³-hybridized carbons (Fsp3) is 0.364. The highest BCUT2D eigenvalue weighted by Crippen LogP contribution is 2.37. The van der Waals surface area contributed by atoms with Crippen molar-refractivity contribution in [3.8, 4) is 0 Å². The Kier molecular flexibility index (Phi) is 3.68. The normalized spacial score (nSPS) is 14.1. The van der Waals surface area contributed by atoms with Crippen molar-refractivity contribution in [3.05, 3.63) is 28.0 Å². The van der Waals surface area contributed by atoms with Gasteiger partial charge in [-0.1, -0.05) is 23.2 Å². The van der Waals surface area contributed by atoms with Crippen LogP contribution >= 0.6 is 23.2 Å². The summed E-state index contributed by atoms with van der Waals surface area (Å²) in [6.45, 7) is 0. The van der Waals surface area contributed by atoms with Gasteiger partial charge in [0.25, 0.3) is 0 Å². The fourth-order valence-corrected chi connectivity index (χ4v) is 2.14. The van der Waals surface area contributed by atoms with Crippen LogP contribution in [0.4, 0.5) is 13.2 Å². The minimum Gasteiger partial charge on any atom is -0.365 e. The Labute approximate surface area is 116 Å². The summed E-state index contributed by atoms with van der Waals surface area (Å²) in [6.07, 6.45) is -6.64. The van der Waals surface area contributed by atoms with Crippen LogP contribution in [0.5, 0.6) is 0 Å². The minimum absolute atomic E-state index is 0.236. The Morgan fingerprint density at radius 1 is 1.26 bits per heavy atom. The molecule has 0 aliphatic carbocycles. The van der Waals surface area contributed by atoms with Gasteiger partial charge in [0.05, 0.1) is 21.1 Å². The van der Waals surface area contributed by atoms with Gasteiger partial charge in [-0.2, -0.15) is 13.2 Å². The van der Waals surface area contributed by atoms with Gasteiger partial charge in [-0.25, -0.2) is 4.98 Å². The van der Waals surface area contributed by atoms with Gasteiger partial charge >= 0.3 is 6.18 Å². The van der Waals surface area contributed by atoms with Crippen molar-refractivity contribution in [3.63, 3.8) is 0 Å². The Morgan fingerprint density at radius 2 is 1.84 bits per heavy atom. The number of hydrogen-bond acceptors (Lipinski definition) is 2. The average molecular weight is 313 g/mol. The number of benzene rings is 1. The lowest BCUT2D eigenvalue weighted by Gasteiger charge is -2.18. The number of alkyl halides is 3. The summed E-state index contributed by atoms with van der Waals surface area (Å²) in [4.78, 5) is 3.93. The van der Waals surface area contributed by atoms with E-state index in [0.717, 1.165) is 7.11 Å². The summed E-state index contributed by atoms with van der Waals surface area (Å²) in [6, 6.07) is 2.89. The van der Waals surface area contributed by atoms with Crippen LogP contribution < -0.4 is 0 Å². The van der Waals surface area contributed by atoms with E-state index in [1.807, 2.05) is 0 Å². The van der Waals surface area contributed by atoms with Gasteiger partial charge in [0.15, 0.2) is 0 Å². The number of fused-ring (bicyclic) bond motifs is 1. The number of aryl methyl sites for hydroxylation is 1. The molecule has 1 heterocycles. The first-order valence-corrected chi connectivity index (χ1v) is 5.92. The van der Waals surface area contributed by atoms with Crippen LogP contribution in [-0.4, -0.2) is 22.8 Å². The zero-order valence-electron chi connectivity index (χ0n) is 9.92. The van der Waals surface area contributed by atoms with Gasteiger partial charge < -0.3 is 9.30 Å². The molecule has 1 aromatic heterocycles. The number of nitrogens with zero attached hydrogens (tertiary/aromatic N) is 2. The number of methoxy groups -OCH3 is 1. The van der Waals surface area contributed by atoms with E-state index >= 15 is 0 Å². The maximum Gasteiger partial charge on any atom is 0.421 e. The lowest BCUT2D eigenvalue weighted by molar-refractivity contribution is -0.218. The van der Waals surface area contributed by atoms with E-state index in [9.17, 15) is 13.2 Å². The van der Waals surface area contributed by atoms with Crippen LogP contribution in [0.1, 0.15) is 11.9 Å². The molecule has 3 nitrogen and oxygen atoms in total. The summed E-state index contributed by atoms with van der Waals surface area (Å²) in [5.41, 5.74) is 0.786. The third kappa shape index (κ3) is 2.52. The van der Waals surface area contributed by atoms with Crippen LogP contribution in [0.2, 0.25) is 10.0 Å². The highest BCUT2D eigenvalue weighted by molar-refractivity contribution is 6.42. The molecule has 0 spiro atoms. The van der Waals surface area contributed by atoms with Gasteiger partial charge in [0.1, 0.15) is 5.82 Å². The maximum absolute atomic E-state index is 12.8.